The Hall–Kier alpha value is -1.12. The maximum atomic E-state index is 11.8. The lowest BCUT2D eigenvalue weighted by molar-refractivity contribution is 0.272. The highest BCUT2D eigenvalue weighted by Gasteiger charge is 2.01. The summed E-state index contributed by atoms with van der Waals surface area (Å²) in [6.07, 6.45) is 3.40. The average molecular weight is 183 g/mol. The van der Waals surface area contributed by atoms with Crippen LogP contribution >= 0.6 is 0 Å². The van der Waals surface area contributed by atoms with Crippen molar-refractivity contribution in [2.24, 2.45) is 0 Å². The van der Waals surface area contributed by atoms with Crippen molar-refractivity contribution < 1.29 is 9.13 Å². The van der Waals surface area contributed by atoms with Crippen molar-refractivity contribution in [2.75, 3.05) is 13.3 Å². The molecule has 2 nitrogen and oxygen atoms in total. The van der Waals surface area contributed by atoms with Crippen LogP contribution < -0.4 is 4.74 Å². The Morgan fingerprint density at radius 2 is 2.23 bits per heavy atom. The minimum atomic E-state index is -0.466. The SMILES string of the molecule is CC(C)c1cncc(OCCF)c1. The number of nitrogens with zero attached hydrogens (tertiary/aromatic N) is 1. The summed E-state index contributed by atoms with van der Waals surface area (Å²) < 4.78 is 16.9. The minimum absolute atomic E-state index is 0.100. The molecule has 0 N–H and O–H groups in total. The van der Waals surface area contributed by atoms with Gasteiger partial charge in [0.25, 0.3) is 0 Å². The van der Waals surface area contributed by atoms with E-state index >= 15 is 0 Å². The van der Waals surface area contributed by atoms with Crippen molar-refractivity contribution in [2.45, 2.75) is 19.8 Å². The summed E-state index contributed by atoms with van der Waals surface area (Å²) >= 11 is 0. The molecule has 0 radical (unpaired) electrons. The van der Waals surface area contributed by atoms with E-state index < -0.39 is 6.67 Å². The molecule has 0 atom stereocenters. The van der Waals surface area contributed by atoms with Gasteiger partial charge in [0.15, 0.2) is 0 Å². The zero-order valence-corrected chi connectivity index (χ0v) is 7.96. The van der Waals surface area contributed by atoms with Gasteiger partial charge in [0.2, 0.25) is 0 Å². The molecule has 1 heterocycles. The van der Waals surface area contributed by atoms with E-state index in [-0.39, 0.29) is 6.61 Å². The normalized spacial score (nSPS) is 10.5. The van der Waals surface area contributed by atoms with E-state index in [1.807, 2.05) is 6.07 Å². The number of aromatic nitrogens is 1. The first-order valence-corrected chi connectivity index (χ1v) is 4.37. The fourth-order valence-electron chi connectivity index (χ4n) is 0.987. The molecule has 0 amide bonds. The Bertz CT molecular complexity index is 263. The molecule has 0 unspecified atom stereocenters. The molecule has 0 aliphatic rings. The van der Waals surface area contributed by atoms with Gasteiger partial charge >= 0.3 is 0 Å². The second-order valence-electron chi connectivity index (χ2n) is 3.15. The number of alkyl halides is 1. The molecule has 72 valence electrons. The second-order valence-corrected chi connectivity index (χ2v) is 3.15. The van der Waals surface area contributed by atoms with Gasteiger partial charge in [-0.05, 0) is 17.5 Å². The van der Waals surface area contributed by atoms with E-state index in [2.05, 4.69) is 18.8 Å². The summed E-state index contributed by atoms with van der Waals surface area (Å²) in [6.45, 7) is 3.79. The van der Waals surface area contributed by atoms with Gasteiger partial charge in [-0.2, -0.15) is 0 Å². The highest BCUT2D eigenvalue weighted by Crippen LogP contribution is 2.18. The Labute approximate surface area is 77.8 Å². The van der Waals surface area contributed by atoms with Crippen LogP contribution in [0.5, 0.6) is 5.75 Å². The molecule has 0 aromatic carbocycles. The molecule has 0 saturated heterocycles. The summed E-state index contributed by atoms with van der Waals surface area (Å²) in [5.74, 6) is 1.06. The molecular formula is C10H14FNO. The summed E-state index contributed by atoms with van der Waals surface area (Å²) in [7, 11) is 0. The zero-order chi connectivity index (χ0) is 9.68. The van der Waals surface area contributed by atoms with Gasteiger partial charge < -0.3 is 4.74 Å². The lowest BCUT2D eigenvalue weighted by Crippen LogP contribution is -2.00. The van der Waals surface area contributed by atoms with Crippen molar-refractivity contribution in [3.05, 3.63) is 24.0 Å². The average Bonchev–Trinajstić information content (AvgIpc) is 2.15. The first-order valence-electron chi connectivity index (χ1n) is 4.37. The Morgan fingerprint density at radius 3 is 2.85 bits per heavy atom. The van der Waals surface area contributed by atoms with Gasteiger partial charge in [-0.3, -0.25) is 4.98 Å². The standard InChI is InChI=1S/C10H14FNO/c1-8(2)9-5-10(7-12-6-9)13-4-3-11/h5-8H,3-4H2,1-2H3. The third kappa shape index (κ3) is 3.01. The summed E-state index contributed by atoms with van der Waals surface area (Å²) in [6, 6.07) is 1.90. The first-order chi connectivity index (χ1) is 6.24. The second kappa shape index (κ2) is 4.80. The first kappa shape index (κ1) is 9.96. The van der Waals surface area contributed by atoms with E-state index in [0.29, 0.717) is 11.7 Å². The predicted octanol–water partition coefficient (Wildman–Crippen LogP) is 2.55. The molecule has 0 bridgehead atoms. The number of pyridine rings is 1. The predicted molar refractivity (Wildman–Crippen MR) is 49.8 cm³/mol. The van der Waals surface area contributed by atoms with E-state index in [1.54, 1.807) is 12.4 Å². The fraction of sp³-hybridized carbons (Fsp3) is 0.500. The van der Waals surface area contributed by atoms with Crippen LogP contribution in [0.25, 0.3) is 0 Å². The Balaban J connectivity index is 2.68. The number of rotatable bonds is 4. The van der Waals surface area contributed by atoms with Crippen LogP contribution in [-0.2, 0) is 0 Å². The smallest absolute Gasteiger partial charge is 0.137 e. The van der Waals surface area contributed by atoms with E-state index in [9.17, 15) is 4.39 Å². The molecule has 0 fully saturated rings. The van der Waals surface area contributed by atoms with Crippen molar-refractivity contribution in [3.63, 3.8) is 0 Å². The lowest BCUT2D eigenvalue weighted by atomic mass is 10.1. The maximum Gasteiger partial charge on any atom is 0.137 e. The molecule has 1 aromatic rings. The molecule has 1 rings (SSSR count). The molecular weight excluding hydrogens is 169 g/mol. The molecule has 0 saturated carbocycles. The fourth-order valence-corrected chi connectivity index (χ4v) is 0.987. The summed E-state index contributed by atoms with van der Waals surface area (Å²) in [5, 5.41) is 0. The van der Waals surface area contributed by atoms with Crippen molar-refractivity contribution in [1.82, 2.24) is 4.98 Å². The minimum Gasteiger partial charge on any atom is -0.489 e. The zero-order valence-electron chi connectivity index (χ0n) is 7.96. The van der Waals surface area contributed by atoms with Gasteiger partial charge in [0.1, 0.15) is 19.0 Å². The molecule has 0 spiro atoms. The number of ether oxygens (including phenoxy) is 1. The van der Waals surface area contributed by atoms with Crippen molar-refractivity contribution in [3.8, 4) is 5.75 Å². The van der Waals surface area contributed by atoms with E-state index in [4.69, 9.17) is 4.74 Å². The molecule has 0 aliphatic heterocycles. The van der Waals surface area contributed by atoms with Crippen LogP contribution in [0.15, 0.2) is 18.5 Å². The molecule has 0 aliphatic carbocycles. The van der Waals surface area contributed by atoms with E-state index in [0.717, 1.165) is 5.56 Å². The number of halogens is 1. The summed E-state index contributed by atoms with van der Waals surface area (Å²) in [5.41, 5.74) is 1.11. The third-order valence-corrected chi connectivity index (χ3v) is 1.75. The van der Waals surface area contributed by atoms with Crippen LogP contribution in [0.3, 0.4) is 0 Å². The van der Waals surface area contributed by atoms with Gasteiger partial charge in [0.05, 0.1) is 6.20 Å². The summed E-state index contributed by atoms with van der Waals surface area (Å²) in [4.78, 5) is 4.01. The highest BCUT2D eigenvalue weighted by molar-refractivity contribution is 5.25. The maximum absolute atomic E-state index is 11.8. The number of hydrogen-bond donors (Lipinski definition) is 0. The molecule has 1 aromatic heterocycles. The quantitative estimate of drug-likeness (QED) is 0.715. The largest absolute Gasteiger partial charge is 0.489 e. The van der Waals surface area contributed by atoms with Crippen LogP contribution in [0.2, 0.25) is 0 Å². The molecule has 13 heavy (non-hydrogen) atoms. The van der Waals surface area contributed by atoms with E-state index in [1.165, 1.54) is 0 Å². The molecule has 3 heteroatoms. The number of hydrogen-bond acceptors (Lipinski definition) is 2. The topological polar surface area (TPSA) is 22.1 Å². The van der Waals surface area contributed by atoms with Gasteiger partial charge in [-0.25, -0.2) is 4.39 Å². The van der Waals surface area contributed by atoms with Gasteiger partial charge in [-0.1, -0.05) is 13.8 Å². The highest BCUT2D eigenvalue weighted by atomic mass is 19.1. The van der Waals surface area contributed by atoms with Crippen molar-refractivity contribution in [1.29, 1.82) is 0 Å². The van der Waals surface area contributed by atoms with Crippen LogP contribution in [-0.4, -0.2) is 18.3 Å². The van der Waals surface area contributed by atoms with Crippen LogP contribution in [0.4, 0.5) is 4.39 Å². The Morgan fingerprint density at radius 1 is 1.46 bits per heavy atom. The Kier molecular flexibility index (Phi) is 3.68. The van der Waals surface area contributed by atoms with Gasteiger partial charge in [0, 0.05) is 6.20 Å². The van der Waals surface area contributed by atoms with Gasteiger partial charge in [-0.15, -0.1) is 0 Å². The monoisotopic (exact) mass is 183 g/mol. The van der Waals surface area contributed by atoms with Crippen molar-refractivity contribution >= 4 is 0 Å². The van der Waals surface area contributed by atoms with Crippen LogP contribution in [0.1, 0.15) is 25.3 Å². The van der Waals surface area contributed by atoms with Crippen LogP contribution in [0, 0.1) is 0 Å². The third-order valence-electron chi connectivity index (χ3n) is 1.75. The lowest BCUT2D eigenvalue weighted by Gasteiger charge is -2.07.